The maximum Gasteiger partial charge on any atom is 0.201 e. The van der Waals surface area contributed by atoms with Crippen LogP contribution >= 0.6 is 0 Å². The Kier molecular flexibility index (Phi) is 2.47. The third kappa shape index (κ3) is 1.72. The zero-order valence-corrected chi connectivity index (χ0v) is 10.9. The van der Waals surface area contributed by atoms with E-state index in [0.29, 0.717) is 11.4 Å². The number of benzene rings is 1. The van der Waals surface area contributed by atoms with Crippen LogP contribution in [0.3, 0.4) is 0 Å². The molecular weight excluding hydrogens is 226 g/mol. The summed E-state index contributed by atoms with van der Waals surface area (Å²) in [7, 11) is 1.66. The van der Waals surface area contributed by atoms with Crippen molar-refractivity contribution in [3.8, 4) is 5.75 Å². The second kappa shape index (κ2) is 3.90. The van der Waals surface area contributed by atoms with Crippen LogP contribution in [-0.2, 0) is 6.54 Å². The van der Waals surface area contributed by atoms with Gasteiger partial charge in [-0.3, -0.25) is 0 Å². The van der Waals surface area contributed by atoms with Crippen LogP contribution in [0.15, 0.2) is 18.2 Å². The van der Waals surface area contributed by atoms with E-state index in [4.69, 9.17) is 10.5 Å². The van der Waals surface area contributed by atoms with E-state index in [1.165, 1.54) is 19.3 Å². The Bertz CT molecular complexity index is 584. The quantitative estimate of drug-likeness (QED) is 0.904. The van der Waals surface area contributed by atoms with Gasteiger partial charge in [-0.2, -0.15) is 0 Å². The molecule has 0 bridgehead atoms. The van der Waals surface area contributed by atoms with Crippen molar-refractivity contribution >= 4 is 17.0 Å². The highest BCUT2D eigenvalue weighted by atomic mass is 16.5. The van der Waals surface area contributed by atoms with Gasteiger partial charge in [0.2, 0.25) is 5.95 Å². The van der Waals surface area contributed by atoms with Gasteiger partial charge in [0.25, 0.3) is 0 Å². The fraction of sp³-hybridized carbons (Fsp3) is 0.500. The lowest BCUT2D eigenvalue weighted by Crippen LogP contribution is -2.31. The molecule has 0 atom stereocenters. The largest absolute Gasteiger partial charge is 0.497 e. The predicted octanol–water partition coefficient (Wildman–Crippen LogP) is 2.82. The Balaban J connectivity index is 2.03. The molecule has 0 amide bonds. The van der Waals surface area contributed by atoms with Gasteiger partial charge in [0.1, 0.15) is 5.75 Å². The third-order valence-corrected chi connectivity index (χ3v) is 4.09. The number of fused-ring (bicyclic) bond motifs is 1. The average molecular weight is 245 g/mol. The molecule has 1 heterocycles. The summed E-state index contributed by atoms with van der Waals surface area (Å²) in [6.07, 6.45) is 3.89. The Labute approximate surface area is 107 Å². The van der Waals surface area contributed by atoms with Crippen LogP contribution in [-0.4, -0.2) is 16.7 Å². The van der Waals surface area contributed by atoms with Crippen LogP contribution in [0.1, 0.15) is 26.2 Å². The SMILES string of the molecule is COc1ccc2c(c1)nc(N)n2CC1(C)CCC1. The second-order valence-electron chi connectivity index (χ2n) is 5.58. The van der Waals surface area contributed by atoms with Crippen LogP contribution in [0.25, 0.3) is 11.0 Å². The van der Waals surface area contributed by atoms with Crippen LogP contribution in [0.2, 0.25) is 0 Å². The van der Waals surface area contributed by atoms with Gasteiger partial charge in [0.05, 0.1) is 18.1 Å². The van der Waals surface area contributed by atoms with Crippen molar-refractivity contribution in [2.24, 2.45) is 5.41 Å². The molecule has 0 radical (unpaired) electrons. The monoisotopic (exact) mass is 245 g/mol. The van der Waals surface area contributed by atoms with E-state index in [1.54, 1.807) is 7.11 Å². The number of hydrogen-bond donors (Lipinski definition) is 1. The first-order valence-electron chi connectivity index (χ1n) is 6.41. The number of hydrogen-bond acceptors (Lipinski definition) is 3. The van der Waals surface area contributed by atoms with Gasteiger partial charge in [-0.05, 0) is 30.4 Å². The molecule has 0 unspecified atom stereocenters. The molecule has 1 aromatic heterocycles. The molecule has 4 nitrogen and oxygen atoms in total. The molecule has 2 aromatic rings. The number of nitrogens with zero attached hydrogens (tertiary/aromatic N) is 2. The lowest BCUT2D eigenvalue weighted by Gasteiger charge is -2.38. The summed E-state index contributed by atoms with van der Waals surface area (Å²) >= 11 is 0. The first-order valence-corrected chi connectivity index (χ1v) is 6.41. The number of nitrogens with two attached hydrogens (primary N) is 1. The molecule has 0 saturated heterocycles. The van der Waals surface area contributed by atoms with Crippen LogP contribution < -0.4 is 10.5 Å². The minimum absolute atomic E-state index is 0.391. The van der Waals surface area contributed by atoms with Crippen molar-refractivity contribution < 1.29 is 4.74 Å². The zero-order chi connectivity index (χ0) is 12.8. The van der Waals surface area contributed by atoms with Crippen molar-refractivity contribution in [1.29, 1.82) is 0 Å². The lowest BCUT2D eigenvalue weighted by molar-refractivity contribution is 0.135. The summed E-state index contributed by atoms with van der Waals surface area (Å²) in [6.45, 7) is 3.28. The molecule has 0 spiro atoms. The van der Waals surface area contributed by atoms with E-state index >= 15 is 0 Å². The Morgan fingerprint density at radius 2 is 2.22 bits per heavy atom. The molecule has 1 aliphatic rings. The van der Waals surface area contributed by atoms with Crippen molar-refractivity contribution in [3.63, 3.8) is 0 Å². The summed E-state index contributed by atoms with van der Waals surface area (Å²) in [5.41, 5.74) is 8.44. The molecule has 2 N–H and O–H groups in total. The highest BCUT2D eigenvalue weighted by Crippen LogP contribution is 2.42. The fourth-order valence-corrected chi connectivity index (χ4v) is 2.74. The van der Waals surface area contributed by atoms with E-state index < -0.39 is 0 Å². The summed E-state index contributed by atoms with van der Waals surface area (Å²) < 4.78 is 7.35. The van der Waals surface area contributed by atoms with Gasteiger partial charge in [0.15, 0.2) is 0 Å². The highest BCUT2D eigenvalue weighted by molar-refractivity contribution is 5.79. The smallest absolute Gasteiger partial charge is 0.201 e. The van der Waals surface area contributed by atoms with Gasteiger partial charge in [-0.25, -0.2) is 4.98 Å². The van der Waals surface area contributed by atoms with Crippen molar-refractivity contribution in [2.45, 2.75) is 32.7 Å². The maximum atomic E-state index is 6.04. The average Bonchev–Trinajstić information content (AvgIpc) is 2.63. The Morgan fingerprint density at radius 3 is 2.83 bits per heavy atom. The number of imidazole rings is 1. The Morgan fingerprint density at radius 1 is 1.44 bits per heavy atom. The molecule has 1 fully saturated rings. The number of anilines is 1. The summed E-state index contributed by atoms with van der Waals surface area (Å²) in [5.74, 6) is 1.42. The van der Waals surface area contributed by atoms with Crippen LogP contribution in [0, 0.1) is 5.41 Å². The summed E-state index contributed by atoms with van der Waals surface area (Å²) in [5, 5.41) is 0. The molecule has 96 valence electrons. The number of aromatic nitrogens is 2. The molecule has 3 rings (SSSR count). The standard InChI is InChI=1S/C14H19N3O/c1-14(6-3-7-14)9-17-12-5-4-10(18-2)8-11(12)16-13(17)15/h4-5,8H,3,6-7,9H2,1-2H3,(H2,15,16). The number of rotatable bonds is 3. The highest BCUT2D eigenvalue weighted by Gasteiger charge is 2.33. The van der Waals surface area contributed by atoms with E-state index in [1.807, 2.05) is 18.2 Å². The minimum Gasteiger partial charge on any atom is -0.497 e. The van der Waals surface area contributed by atoms with Crippen molar-refractivity contribution in [3.05, 3.63) is 18.2 Å². The molecule has 1 aromatic carbocycles. The summed E-state index contributed by atoms with van der Waals surface area (Å²) in [6, 6.07) is 5.94. The maximum absolute atomic E-state index is 6.04. The molecule has 4 heteroatoms. The molecule has 1 aliphatic carbocycles. The Hall–Kier alpha value is -1.71. The fourth-order valence-electron chi connectivity index (χ4n) is 2.74. The molecular formula is C14H19N3O. The second-order valence-corrected chi connectivity index (χ2v) is 5.58. The predicted molar refractivity (Wildman–Crippen MR) is 72.7 cm³/mol. The number of methoxy groups -OCH3 is 1. The summed E-state index contributed by atoms with van der Waals surface area (Å²) in [4.78, 5) is 4.43. The minimum atomic E-state index is 0.391. The van der Waals surface area contributed by atoms with E-state index in [9.17, 15) is 0 Å². The first-order chi connectivity index (χ1) is 8.61. The van der Waals surface area contributed by atoms with Crippen LogP contribution in [0.4, 0.5) is 5.95 Å². The normalized spacial score (nSPS) is 17.7. The lowest BCUT2D eigenvalue weighted by atomic mass is 9.70. The van der Waals surface area contributed by atoms with E-state index in [2.05, 4.69) is 16.5 Å². The van der Waals surface area contributed by atoms with Gasteiger partial charge < -0.3 is 15.0 Å². The van der Waals surface area contributed by atoms with Gasteiger partial charge in [0, 0.05) is 12.6 Å². The zero-order valence-electron chi connectivity index (χ0n) is 10.9. The number of ether oxygens (including phenoxy) is 1. The molecule has 0 aliphatic heterocycles. The topological polar surface area (TPSA) is 53.1 Å². The van der Waals surface area contributed by atoms with Gasteiger partial charge in [-0.15, -0.1) is 0 Å². The van der Waals surface area contributed by atoms with Gasteiger partial charge >= 0.3 is 0 Å². The van der Waals surface area contributed by atoms with E-state index in [-0.39, 0.29) is 0 Å². The van der Waals surface area contributed by atoms with E-state index in [0.717, 1.165) is 23.3 Å². The van der Waals surface area contributed by atoms with Crippen LogP contribution in [0.5, 0.6) is 5.75 Å². The van der Waals surface area contributed by atoms with Crippen molar-refractivity contribution in [2.75, 3.05) is 12.8 Å². The number of nitrogen functional groups attached to an aromatic ring is 1. The first kappa shape index (κ1) is 11.4. The van der Waals surface area contributed by atoms with Crippen molar-refractivity contribution in [1.82, 2.24) is 9.55 Å². The third-order valence-electron chi connectivity index (χ3n) is 4.09. The molecule has 18 heavy (non-hydrogen) atoms. The van der Waals surface area contributed by atoms with Gasteiger partial charge in [-0.1, -0.05) is 13.3 Å². The molecule has 1 saturated carbocycles.